The van der Waals surface area contributed by atoms with Crippen LogP contribution in [0.5, 0.6) is 0 Å². The molecule has 0 unspecified atom stereocenters. The second kappa shape index (κ2) is 10.2. The minimum atomic E-state index is -4.97. The minimum Gasteiger partial charge on any atom is -0.324 e. The first kappa shape index (κ1) is 26.3. The predicted octanol–water partition coefficient (Wildman–Crippen LogP) is 0.206. The van der Waals surface area contributed by atoms with Crippen LogP contribution in [-0.4, -0.2) is 73.0 Å². The Balaban J connectivity index is 4.27. The molecular weight excluding hydrogens is 464 g/mol. The van der Waals surface area contributed by atoms with E-state index in [1.165, 1.54) is 0 Å². The van der Waals surface area contributed by atoms with Gasteiger partial charge in [-0.3, -0.25) is 18.3 Å². The zero-order chi connectivity index (χ0) is 20.1. The lowest BCUT2D eigenvalue weighted by molar-refractivity contribution is 0.338. The van der Waals surface area contributed by atoms with Gasteiger partial charge in [-0.2, -0.15) is 23.5 Å². The van der Waals surface area contributed by atoms with E-state index in [1.807, 2.05) is 0 Å². The van der Waals surface area contributed by atoms with Gasteiger partial charge in [-0.05, 0) is 17.9 Å². The Morgan fingerprint density at radius 3 is 1.00 bits per heavy atom. The fourth-order valence-corrected chi connectivity index (χ4v) is 10.6. The van der Waals surface area contributed by atoms with E-state index >= 15 is 0 Å². The van der Waals surface area contributed by atoms with Crippen LogP contribution in [-0.2, 0) is 18.3 Å². The van der Waals surface area contributed by atoms with Crippen molar-refractivity contribution >= 4 is 53.9 Å². The van der Waals surface area contributed by atoms with Crippen molar-refractivity contribution in [2.24, 2.45) is 0 Å². The maximum Gasteiger partial charge on any atom is 0.341 e. The lowest BCUT2D eigenvalue weighted by Crippen LogP contribution is -2.13. The lowest BCUT2D eigenvalue weighted by Gasteiger charge is -2.19. The SMILES string of the molecule is O=P(O)(O)C(CSCCCSCC(P(=O)(O)O)P(=O)(O)O)P(=O)(O)O. The number of thioether (sulfide) groups is 2. The van der Waals surface area contributed by atoms with Crippen LogP contribution in [0.3, 0.4) is 0 Å². The Morgan fingerprint density at radius 2 is 0.800 bits per heavy atom. The molecule has 0 spiro atoms. The second-order valence-electron chi connectivity index (χ2n) is 4.82. The molecule has 152 valence electrons. The van der Waals surface area contributed by atoms with Crippen LogP contribution in [0.4, 0.5) is 0 Å². The third-order valence-corrected chi connectivity index (χ3v) is 13.4. The minimum absolute atomic E-state index is 0.236. The molecule has 0 aromatic rings. The molecule has 0 aromatic carbocycles. The van der Waals surface area contributed by atoms with Crippen molar-refractivity contribution < 1.29 is 57.4 Å². The van der Waals surface area contributed by atoms with Crippen molar-refractivity contribution in [1.29, 1.82) is 0 Å². The third kappa shape index (κ3) is 11.0. The number of hydrogen-bond donors (Lipinski definition) is 8. The van der Waals surface area contributed by atoms with E-state index in [9.17, 15) is 18.3 Å². The molecule has 0 radical (unpaired) electrons. The molecule has 25 heavy (non-hydrogen) atoms. The van der Waals surface area contributed by atoms with Gasteiger partial charge < -0.3 is 39.1 Å². The van der Waals surface area contributed by atoms with Crippen LogP contribution in [0.25, 0.3) is 0 Å². The van der Waals surface area contributed by atoms with Gasteiger partial charge in [0.05, 0.1) is 0 Å². The average Bonchev–Trinajstić information content (AvgIpc) is 2.30. The Bertz CT molecular complexity index is 507. The summed E-state index contributed by atoms with van der Waals surface area (Å²) in [4.78, 5) is 71.4. The summed E-state index contributed by atoms with van der Waals surface area (Å²) in [7, 11) is -19.9. The van der Waals surface area contributed by atoms with E-state index in [0.29, 0.717) is 6.42 Å². The largest absolute Gasteiger partial charge is 0.341 e. The molecule has 0 saturated heterocycles. The fraction of sp³-hybridized carbons (Fsp3) is 1.00. The summed E-state index contributed by atoms with van der Waals surface area (Å²) < 4.78 is 44.2. The van der Waals surface area contributed by atoms with Gasteiger partial charge in [-0.25, -0.2) is 0 Å². The summed E-state index contributed by atoms with van der Waals surface area (Å²) in [5.41, 5.74) is 0. The number of hydrogen-bond acceptors (Lipinski definition) is 6. The molecule has 0 aliphatic carbocycles. The van der Waals surface area contributed by atoms with Crippen LogP contribution in [0, 0.1) is 0 Å². The van der Waals surface area contributed by atoms with Crippen LogP contribution in [0.15, 0.2) is 0 Å². The summed E-state index contributed by atoms with van der Waals surface area (Å²) in [5, 5.41) is -4.21. The van der Waals surface area contributed by atoms with E-state index in [2.05, 4.69) is 0 Å². The smallest absolute Gasteiger partial charge is 0.324 e. The lowest BCUT2D eigenvalue weighted by atomic mass is 10.6. The summed E-state index contributed by atoms with van der Waals surface area (Å²) in [6, 6.07) is 0. The normalized spacial score (nSPS) is 14.5. The van der Waals surface area contributed by atoms with Gasteiger partial charge in [0.15, 0.2) is 10.8 Å². The molecule has 12 nitrogen and oxygen atoms in total. The van der Waals surface area contributed by atoms with Crippen molar-refractivity contribution in [2.45, 2.75) is 17.2 Å². The van der Waals surface area contributed by atoms with E-state index in [4.69, 9.17) is 39.1 Å². The molecule has 0 bridgehead atoms. The van der Waals surface area contributed by atoms with E-state index in [0.717, 1.165) is 23.5 Å². The average molecular weight is 484 g/mol. The molecule has 0 aromatic heterocycles. The van der Waals surface area contributed by atoms with Crippen molar-refractivity contribution in [3.05, 3.63) is 0 Å². The van der Waals surface area contributed by atoms with Crippen LogP contribution < -0.4 is 0 Å². The first-order chi connectivity index (χ1) is 11.0. The molecule has 0 amide bonds. The number of rotatable bonds is 12. The monoisotopic (exact) mass is 484 g/mol. The highest BCUT2D eigenvalue weighted by molar-refractivity contribution is 8.01. The van der Waals surface area contributed by atoms with Crippen molar-refractivity contribution in [2.75, 3.05) is 23.0 Å². The highest BCUT2D eigenvalue weighted by Crippen LogP contribution is 2.61. The van der Waals surface area contributed by atoms with E-state index in [1.54, 1.807) is 0 Å². The zero-order valence-corrected chi connectivity index (χ0v) is 17.7. The molecule has 18 heteroatoms. The summed E-state index contributed by atoms with van der Waals surface area (Å²) in [6.07, 6.45) is 0.333. The predicted molar refractivity (Wildman–Crippen MR) is 95.0 cm³/mol. The fourth-order valence-electron chi connectivity index (χ4n) is 1.42. The van der Waals surface area contributed by atoms with Gasteiger partial charge >= 0.3 is 30.4 Å². The van der Waals surface area contributed by atoms with Gasteiger partial charge in [0.25, 0.3) is 0 Å². The van der Waals surface area contributed by atoms with Crippen molar-refractivity contribution in [3.8, 4) is 0 Å². The molecular formula is C7H20O12P4S2. The van der Waals surface area contributed by atoms with Gasteiger partial charge in [0.1, 0.15) is 0 Å². The first-order valence-corrected chi connectivity index (χ1v) is 15.4. The molecule has 0 aliphatic heterocycles. The molecule has 0 rings (SSSR count). The maximum absolute atomic E-state index is 11.0. The molecule has 0 atom stereocenters. The zero-order valence-electron chi connectivity index (χ0n) is 12.5. The van der Waals surface area contributed by atoms with Crippen LogP contribution in [0.1, 0.15) is 6.42 Å². The second-order valence-corrected chi connectivity index (χ2v) is 15.1. The molecule has 8 N–H and O–H groups in total. The van der Waals surface area contributed by atoms with E-state index < -0.39 is 52.7 Å². The van der Waals surface area contributed by atoms with E-state index in [-0.39, 0.29) is 11.5 Å². The Hall–Kier alpha value is 1.30. The Morgan fingerprint density at radius 1 is 0.560 bits per heavy atom. The van der Waals surface area contributed by atoms with Crippen molar-refractivity contribution in [3.63, 3.8) is 0 Å². The molecule has 0 aliphatic rings. The topological polar surface area (TPSA) is 230 Å². The van der Waals surface area contributed by atoms with Gasteiger partial charge in [-0.1, -0.05) is 0 Å². The molecule has 0 fully saturated rings. The highest BCUT2D eigenvalue weighted by Gasteiger charge is 2.43. The van der Waals surface area contributed by atoms with Crippen molar-refractivity contribution in [1.82, 2.24) is 0 Å². The highest BCUT2D eigenvalue weighted by atomic mass is 32.2. The first-order valence-electron chi connectivity index (χ1n) is 6.33. The van der Waals surface area contributed by atoms with Gasteiger partial charge in [-0.15, -0.1) is 0 Å². The van der Waals surface area contributed by atoms with Gasteiger partial charge in [0, 0.05) is 11.5 Å². The molecule has 0 heterocycles. The quantitative estimate of drug-likeness (QED) is 0.137. The Kier molecular flexibility index (Phi) is 10.7. The van der Waals surface area contributed by atoms with Gasteiger partial charge in [0.2, 0.25) is 0 Å². The Labute approximate surface area is 151 Å². The van der Waals surface area contributed by atoms with Crippen LogP contribution in [0.2, 0.25) is 0 Å². The standard InChI is InChI=1S/C7H20O12P4S2/c8-20(9,10)6(21(11,12)13)4-24-2-1-3-25-5-7(22(14,15)16)23(17,18)19/h6-7H,1-5H2,(H2,8,9,10)(H2,11,12,13)(H2,14,15,16)(H2,17,18,19). The summed E-state index contributed by atoms with van der Waals surface area (Å²) >= 11 is 1.76. The maximum atomic E-state index is 11.0. The summed E-state index contributed by atoms with van der Waals surface area (Å²) in [5.74, 6) is -0.487. The third-order valence-electron chi connectivity index (χ3n) is 2.66. The summed E-state index contributed by atoms with van der Waals surface area (Å²) in [6.45, 7) is 0. The van der Waals surface area contributed by atoms with Crippen LogP contribution >= 0.6 is 53.9 Å². The molecule has 0 saturated carbocycles.